The van der Waals surface area contributed by atoms with E-state index in [2.05, 4.69) is 10.6 Å². The monoisotopic (exact) mass is 387 g/mol. The molecule has 1 aromatic heterocycles. The van der Waals surface area contributed by atoms with Gasteiger partial charge in [0.25, 0.3) is 0 Å². The van der Waals surface area contributed by atoms with Crippen LogP contribution in [0.5, 0.6) is 0 Å². The lowest BCUT2D eigenvalue weighted by Gasteiger charge is -2.31. The molecule has 3 aliphatic rings. The molecule has 2 aliphatic carbocycles. The number of nitrogens with zero attached hydrogens (tertiary/aromatic N) is 3. The van der Waals surface area contributed by atoms with Gasteiger partial charge in [-0.3, -0.25) is 9.98 Å². The standard InChI is InChI=1S/C21H30ClN5/c22-15-11-16-13-25-20-7-3-1-5-18(20)23-9-10-24-19-6-2-4-8-21(19)26-14-17(12-15)27-16/h11-14,18-21,23-24H,1-10H2/t18-,19?,20?,21-/m1/s1. The van der Waals surface area contributed by atoms with Crippen molar-refractivity contribution in [1.29, 1.82) is 0 Å². The van der Waals surface area contributed by atoms with Gasteiger partial charge in [-0.25, -0.2) is 4.98 Å². The van der Waals surface area contributed by atoms with Crippen LogP contribution in [-0.2, 0) is 0 Å². The van der Waals surface area contributed by atoms with Crippen LogP contribution in [0.2, 0.25) is 5.02 Å². The Labute approximate surface area is 167 Å². The summed E-state index contributed by atoms with van der Waals surface area (Å²) in [5.41, 5.74) is 1.64. The topological polar surface area (TPSA) is 61.7 Å². The van der Waals surface area contributed by atoms with Crippen LogP contribution < -0.4 is 10.6 Å². The van der Waals surface area contributed by atoms with E-state index in [0.29, 0.717) is 29.2 Å². The SMILES string of the molecule is Clc1cc2nc(c1)C=N[C@@H]1CCCCC1NCCN[C@@H]1CCCCC1N=C2. The summed E-state index contributed by atoms with van der Waals surface area (Å²) in [7, 11) is 0. The van der Waals surface area contributed by atoms with Crippen molar-refractivity contribution >= 4 is 24.0 Å². The molecule has 2 heterocycles. The molecule has 2 saturated carbocycles. The highest BCUT2D eigenvalue weighted by Crippen LogP contribution is 2.23. The van der Waals surface area contributed by atoms with Crippen LogP contribution in [0.15, 0.2) is 22.1 Å². The molecule has 146 valence electrons. The minimum absolute atomic E-state index is 0.323. The predicted octanol–water partition coefficient (Wildman–Crippen LogP) is 3.39. The Bertz CT molecular complexity index is 635. The summed E-state index contributed by atoms with van der Waals surface area (Å²) in [6.45, 7) is 1.98. The van der Waals surface area contributed by atoms with Gasteiger partial charge in [0.05, 0.1) is 23.5 Å². The number of aliphatic imine (C=N–C) groups is 2. The molecular formula is C21H30ClN5. The molecule has 27 heavy (non-hydrogen) atoms. The molecule has 5 nitrogen and oxygen atoms in total. The Morgan fingerprint density at radius 1 is 0.741 bits per heavy atom. The fourth-order valence-electron chi connectivity index (χ4n) is 4.59. The second kappa shape index (κ2) is 9.26. The average Bonchev–Trinajstić information content (AvgIpc) is 2.69. The minimum Gasteiger partial charge on any atom is -0.311 e. The van der Waals surface area contributed by atoms with Crippen LogP contribution in [0.25, 0.3) is 0 Å². The van der Waals surface area contributed by atoms with Gasteiger partial charge < -0.3 is 10.6 Å². The molecule has 1 aliphatic heterocycles. The van der Waals surface area contributed by atoms with Crippen molar-refractivity contribution in [3.8, 4) is 0 Å². The van der Waals surface area contributed by atoms with E-state index in [0.717, 1.165) is 37.3 Å². The van der Waals surface area contributed by atoms with Crippen LogP contribution in [0.4, 0.5) is 0 Å². The van der Waals surface area contributed by atoms with Gasteiger partial charge in [0, 0.05) is 42.6 Å². The van der Waals surface area contributed by atoms with Crippen LogP contribution in [-0.4, -0.2) is 54.7 Å². The Morgan fingerprint density at radius 2 is 1.22 bits per heavy atom. The molecule has 2 unspecified atom stereocenters. The van der Waals surface area contributed by atoms with E-state index in [4.69, 9.17) is 26.6 Å². The Hall–Kier alpha value is -1.30. The number of hydrogen-bond donors (Lipinski definition) is 2. The lowest BCUT2D eigenvalue weighted by molar-refractivity contribution is 0.308. The fraction of sp³-hybridized carbons (Fsp3) is 0.667. The maximum absolute atomic E-state index is 6.33. The molecular weight excluding hydrogens is 358 g/mol. The molecule has 0 saturated heterocycles. The highest BCUT2D eigenvalue weighted by Gasteiger charge is 2.25. The zero-order chi connectivity index (χ0) is 18.5. The molecule has 0 aromatic carbocycles. The normalized spacial score (nSPS) is 32.0. The number of fused-ring (bicyclic) bond motifs is 4. The number of aromatic nitrogens is 1. The second-order valence-electron chi connectivity index (χ2n) is 8.02. The highest BCUT2D eigenvalue weighted by molar-refractivity contribution is 6.31. The molecule has 0 spiro atoms. The third-order valence-corrected chi connectivity index (χ3v) is 6.24. The third kappa shape index (κ3) is 5.15. The van der Waals surface area contributed by atoms with E-state index in [9.17, 15) is 0 Å². The number of pyridine rings is 1. The number of nitrogens with one attached hydrogen (secondary N) is 2. The van der Waals surface area contributed by atoms with Crippen LogP contribution in [0.3, 0.4) is 0 Å². The largest absolute Gasteiger partial charge is 0.311 e. The van der Waals surface area contributed by atoms with Gasteiger partial charge in [-0.15, -0.1) is 0 Å². The van der Waals surface area contributed by atoms with Gasteiger partial charge in [0.15, 0.2) is 0 Å². The van der Waals surface area contributed by atoms with E-state index < -0.39 is 0 Å². The maximum atomic E-state index is 6.33. The van der Waals surface area contributed by atoms with Crippen LogP contribution in [0.1, 0.15) is 62.8 Å². The predicted molar refractivity (Wildman–Crippen MR) is 113 cm³/mol. The second-order valence-corrected chi connectivity index (χ2v) is 8.45. The average molecular weight is 388 g/mol. The van der Waals surface area contributed by atoms with Crippen molar-refractivity contribution < 1.29 is 0 Å². The van der Waals surface area contributed by atoms with E-state index in [-0.39, 0.29) is 0 Å². The first-order valence-corrected chi connectivity index (χ1v) is 10.9. The first-order chi connectivity index (χ1) is 13.3. The van der Waals surface area contributed by atoms with Gasteiger partial charge in [0.2, 0.25) is 0 Å². The minimum atomic E-state index is 0.323. The highest BCUT2D eigenvalue weighted by atomic mass is 35.5. The molecule has 2 N–H and O–H groups in total. The molecule has 4 rings (SSSR count). The van der Waals surface area contributed by atoms with E-state index in [1.807, 2.05) is 24.6 Å². The first-order valence-electron chi connectivity index (χ1n) is 10.5. The summed E-state index contributed by atoms with van der Waals surface area (Å²) >= 11 is 6.33. The summed E-state index contributed by atoms with van der Waals surface area (Å²) in [6.07, 6.45) is 13.6. The molecule has 6 heteroatoms. The molecule has 0 radical (unpaired) electrons. The van der Waals surface area contributed by atoms with Gasteiger partial charge in [0.1, 0.15) is 0 Å². The summed E-state index contributed by atoms with van der Waals surface area (Å²) in [6, 6.07) is 5.33. The van der Waals surface area contributed by atoms with E-state index in [1.165, 1.54) is 38.5 Å². The molecule has 2 fully saturated rings. The summed E-state index contributed by atoms with van der Waals surface area (Å²) in [5.74, 6) is 0. The number of halogens is 1. The summed E-state index contributed by atoms with van der Waals surface area (Å²) in [5, 5.41) is 8.18. The van der Waals surface area contributed by atoms with Gasteiger partial charge in [-0.05, 0) is 37.8 Å². The first kappa shape index (κ1) is 19.0. The zero-order valence-corrected chi connectivity index (χ0v) is 16.7. The van der Waals surface area contributed by atoms with Crippen molar-refractivity contribution in [3.63, 3.8) is 0 Å². The van der Waals surface area contributed by atoms with Gasteiger partial charge in [-0.1, -0.05) is 37.3 Å². The number of rotatable bonds is 0. The van der Waals surface area contributed by atoms with Crippen molar-refractivity contribution in [3.05, 3.63) is 28.5 Å². The van der Waals surface area contributed by atoms with E-state index in [1.54, 1.807) is 0 Å². The molecule has 1 aromatic rings. The smallest absolute Gasteiger partial charge is 0.0830 e. The zero-order valence-electron chi connectivity index (χ0n) is 15.9. The number of hydrogen-bond acceptors (Lipinski definition) is 5. The van der Waals surface area contributed by atoms with Gasteiger partial charge >= 0.3 is 0 Å². The molecule has 4 atom stereocenters. The van der Waals surface area contributed by atoms with Crippen molar-refractivity contribution in [2.75, 3.05) is 13.1 Å². The lowest BCUT2D eigenvalue weighted by Crippen LogP contribution is -2.47. The maximum Gasteiger partial charge on any atom is 0.0830 e. The Kier molecular flexibility index (Phi) is 6.53. The lowest BCUT2D eigenvalue weighted by atomic mass is 9.90. The summed E-state index contributed by atoms with van der Waals surface area (Å²) in [4.78, 5) is 14.4. The molecule has 2 bridgehead atoms. The van der Waals surface area contributed by atoms with Crippen LogP contribution >= 0.6 is 11.6 Å². The Morgan fingerprint density at radius 3 is 1.74 bits per heavy atom. The summed E-state index contributed by atoms with van der Waals surface area (Å²) < 4.78 is 0. The quantitative estimate of drug-likeness (QED) is 0.717. The van der Waals surface area contributed by atoms with E-state index >= 15 is 0 Å². The fourth-order valence-corrected chi connectivity index (χ4v) is 4.81. The van der Waals surface area contributed by atoms with Gasteiger partial charge in [-0.2, -0.15) is 0 Å². The molecule has 0 amide bonds. The van der Waals surface area contributed by atoms with Crippen molar-refractivity contribution in [1.82, 2.24) is 15.6 Å². The third-order valence-electron chi connectivity index (χ3n) is 6.02. The Balaban J connectivity index is 1.61. The van der Waals surface area contributed by atoms with Crippen LogP contribution in [0, 0.1) is 0 Å². The van der Waals surface area contributed by atoms with Crippen molar-refractivity contribution in [2.45, 2.75) is 75.5 Å². The van der Waals surface area contributed by atoms with Crippen molar-refractivity contribution in [2.24, 2.45) is 9.98 Å².